The minimum absolute atomic E-state index is 0.0322. The highest BCUT2D eigenvalue weighted by Gasteiger charge is 2.19. The van der Waals surface area contributed by atoms with Crippen molar-refractivity contribution in [2.24, 2.45) is 5.73 Å². The van der Waals surface area contributed by atoms with Crippen molar-refractivity contribution in [3.63, 3.8) is 0 Å². The van der Waals surface area contributed by atoms with Gasteiger partial charge in [0.05, 0.1) is 6.54 Å². The first-order valence-electron chi connectivity index (χ1n) is 6.59. The number of aromatic nitrogens is 1. The summed E-state index contributed by atoms with van der Waals surface area (Å²) in [4.78, 5) is 18.3. The van der Waals surface area contributed by atoms with Gasteiger partial charge in [0.2, 0.25) is 0 Å². The maximum Gasteiger partial charge on any atom is 0.272 e. The van der Waals surface area contributed by atoms with Gasteiger partial charge < -0.3 is 10.6 Å². The van der Waals surface area contributed by atoms with E-state index in [-0.39, 0.29) is 11.9 Å². The van der Waals surface area contributed by atoms with Gasteiger partial charge in [-0.3, -0.25) is 4.79 Å². The van der Waals surface area contributed by atoms with Crippen molar-refractivity contribution in [2.45, 2.75) is 33.2 Å². The van der Waals surface area contributed by atoms with Crippen molar-refractivity contribution < 1.29 is 4.79 Å². The third-order valence-electron chi connectivity index (χ3n) is 3.04. The van der Waals surface area contributed by atoms with Crippen LogP contribution in [-0.2, 0) is 0 Å². The van der Waals surface area contributed by atoms with Crippen LogP contribution in [0.15, 0.2) is 18.3 Å². The molecule has 2 N–H and O–H groups in total. The zero-order chi connectivity index (χ0) is 14.3. The van der Waals surface area contributed by atoms with E-state index in [1.807, 2.05) is 18.7 Å². The van der Waals surface area contributed by atoms with Gasteiger partial charge >= 0.3 is 0 Å². The van der Waals surface area contributed by atoms with Gasteiger partial charge in [0, 0.05) is 24.3 Å². The maximum absolute atomic E-state index is 12.3. The predicted molar refractivity (Wildman–Crippen MR) is 76.6 cm³/mol. The molecule has 0 spiro atoms. The molecule has 0 aliphatic heterocycles. The molecule has 0 fully saturated rings. The number of rotatable bonds is 4. The Bertz CT molecular complexity index is 470. The van der Waals surface area contributed by atoms with E-state index in [1.165, 1.54) is 0 Å². The number of amides is 1. The van der Waals surface area contributed by atoms with Crippen LogP contribution in [0.3, 0.4) is 0 Å². The van der Waals surface area contributed by atoms with E-state index in [2.05, 4.69) is 23.7 Å². The second kappa shape index (κ2) is 7.55. The van der Waals surface area contributed by atoms with Crippen LogP contribution in [0.1, 0.15) is 43.2 Å². The fourth-order valence-corrected chi connectivity index (χ4v) is 1.77. The summed E-state index contributed by atoms with van der Waals surface area (Å²) in [7, 11) is 0. The number of carbonyl (C=O) groups excluding carboxylic acids is 1. The zero-order valence-electron chi connectivity index (χ0n) is 11.8. The summed E-state index contributed by atoms with van der Waals surface area (Å²) < 4.78 is 0. The van der Waals surface area contributed by atoms with Crippen molar-refractivity contribution in [1.82, 2.24) is 9.88 Å². The van der Waals surface area contributed by atoms with E-state index >= 15 is 0 Å². The van der Waals surface area contributed by atoms with Gasteiger partial charge in [0.15, 0.2) is 0 Å². The van der Waals surface area contributed by atoms with Gasteiger partial charge in [0.25, 0.3) is 5.91 Å². The van der Waals surface area contributed by atoms with Gasteiger partial charge in [0.1, 0.15) is 5.69 Å². The van der Waals surface area contributed by atoms with Crippen molar-refractivity contribution in [2.75, 3.05) is 13.1 Å². The van der Waals surface area contributed by atoms with Gasteiger partial charge in [-0.05, 0) is 32.4 Å². The Labute approximate surface area is 115 Å². The molecule has 4 heteroatoms. The summed E-state index contributed by atoms with van der Waals surface area (Å²) in [6.45, 7) is 7.09. The Hall–Kier alpha value is -1.86. The third kappa shape index (κ3) is 4.08. The topological polar surface area (TPSA) is 59.2 Å². The largest absolute Gasteiger partial charge is 0.335 e. The first-order valence-corrected chi connectivity index (χ1v) is 6.59. The van der Waals surface area contributed by atoms with E-state index in [1.54, 1.807) is 18.3 Å². The van der Waals surface area contributed by atoms with Crippen LogP contribution in [-0.4, -0.2) is 34.9 Å². The highest BCUT2D eigenvalue weighted by Crippen LogP contribution is 2.09. The van der Waals surface area contributed by atoms with E-state index < -0.39 is 0 Å². The van der Waals surface area contributed by atoms with Gasteiger partial charge in [-0.1, -0.05) is 18.8 Å². The molecule has 0 bridgehead atoms. The molecule has 4 nitrogen and oxygen atoms in total. The van der Waals surface area contributed by atoms with E-state index in [4.69, 9.17) is 5.73 Å². The smallest absolute Gasteiger partial charge is 0.272 e. The van der Waals surface area contributed by atoms with Gasteiger partial charge in [-0.25, -0.2) is 4.98 Å². The highest BCUT2D eigenvalue weighted by atomic mass is 16.2. The summed E-state index contributed by atoms with van der Waals surface area (Å²) in [5.74, 6) is 5.61. The quantitative estimate of drug-likeness (QED) is 0.836. The number of carbonyl (C=O) groups is 1. The summed E-state index contributed by atoms with van der Waals surface area (Å²) in [5, 5.41) is 0. The Kier molecular flexibility index (Phi) is 6.04. The van der Waals surface area contributed by atoms with E-state index in [0.29, 0.717) is 18.8 Å². The summed E-state index contributed by atoms with van der Waals surface area (Å²) in [5.41, 5.74) is 6.54. The molecule has 0 saturated heterocycles. The predicted octanol–water partition coefficient (Wildman–Crippen LogP) is 1.65. The first-order chi connectivity index (χ1) is 9.13. The number of hydrogen-bond acceptors (Lipinski definition) is 3. The molecule has 19 heavy (non-hydrogen) atoms. The van der Waals surface area contributed by atoms with Crippen molar-refractivity contribution in [3.8, 4) is 11.8 Å². The van der Waals surface area contributed by atoms with Crippen LogP contribution in [0.4, 0.5) is 0 Å². The number of nitrogens with two attached hydrogens (primary N) is 1. The maximum atomic E-state index is 12.3. The van der Waals surface area contributed by atoms with Crippen LogP contribution in [0.25, 0.3) is 0 Å². The molecule has 1 heterocycles. The Balaban J connectivity index is 2.87. The Morgan fingerprint density at radius 2 is 2.21 bits per heavy atom. The molecule has 1 aromatic rings. The molecule has 0 saturated carbocycles. The normalized spacial score (nSPS) is 11.4. The van der Waals surface area contributed by atoms with Crippen molar-refractivity contribution in [1.29, 1.82) is 0 Å². The average molecular weight is 259 g/mol. The van der Waals surface area contributed by atoms with Crippen molar-refractivity contribution in [3.05, 3.63) is 29.6 Å². The Morgan fingerprint density at radius 1 is 1.47 bits per heavy atom. The SMILES string of the molecule is CCC(C)N(CC)C(=O)c1ccc(C#CCN)cn1. The van der Waals surface area contributed by atoms with Crippen LogP contribution >= 0.6 is 0 Å². The third-order valence-corrected chi connectivity index (χ3v) is 3.04. The first kappa shape index (κ1) is 15.2. The second-order valence-corrected chi connectivity index (χ2v) is 4.29. The average Bonchev–Trinajstić information content (AvgIpc) is 2.46. The Morgan fingerprint density at radius 3 is 2.68 bits per heavy atom. The molecule has 0 radical (unpaired) electrons. The molecule has 1 atom stereocenters. The number of nitrogens with zero attached hydrogens (tertiary/aromatic N) is 2. The fourth-order valence-electron chi connectivity index (χ4n) is 1.77. The van der Waals surface area contributed by atoms with Gasteiger partial charge in [-0.15, -0.1) is 0 Å². The number of hydrogen-bond donors (Lipinski definition) is 1. The molecule has 0 aliphatic carbocycles. The number of pyridine rings is 1. The van der Waals surface area contributed by atoms with E-state index in [0.717, 1.165) is 12.0 Å². The molecule has 0 aromatic carbocycles. The van der Waals surface area contributed by atoms with Gasteiger partial charge in [-0.2, -0.15) is 0 Å². The lowest BCUT2D eigenvalue weighted by atomic mass is 10.2. The standard InChI is InChI=1S/C15H21N3O/c1-4-12(3)18(5-2)15(19)14-9-8-13(11-17-14)7-6-10-16/h8-9,11-12H,4-5,10,16H2,1-3H3. The zero-order valence-corrected chi connectivity index (χ0v) is 11.8. The minimum Gasteiger partial charge on any atom is -0.335 e. The molecule has 1 amide bonds. The van der Waals surface area contributed by atoms with Crippen LogP contribution in [0, 0.1) is 11.8 Å². The molecular formula is C15H21N3O. The summed E-state index contributed by atoms with van der Waals surface area (Å²) in [6, 6.07) is 3.73. The summed E-state index contributed by atoms with van der Waals surface area (Å²) in [6.07, 6.45) is 2.54. The molecule has 1 aromatic heterocycles. The fraction of sp³-hybridized carbons (Fsp3) is 0.467. The molecular weight excluding hydrogens is 238 g/mol. The molecule has 0 aliphatic rings. The second-order valence-electron chi connectivity index (χ2n) is 4.29. The lowest BCUT2D eigenvalue weighted by Crippen LogP contribution is -2.38. The molecule has 1 rings (SSSR count). The molecule has 1 unspecified atom stereocenters. The lowest BCUT2D eigenvalue weighted by Gasteiger charge is -2.26. The van der Waals surface area contributed by atoms with E-state index in [9.17, 15) is 4.79 Å². The van der Waals surface area contributed by atoms with Crippen LogP contribution in [0.5, 0.6) is 0 Å². The monoisotopic (exact) mass is 259 g/mol. The van der Waals surface area contributed by atoms with Crippen LogP contribution in [0.2, 0.25) is 0 Å². The van der Waals surface area contributed by atoms with Crippen molar-refractivity contribution >= 4 is 5.91 Å². The highest BCUT2D eigenvalue weighted by molar-refractivity contribution is 5.92. The molecule has 102 valence electrons. The lowest BCUT2D eigenvalue weighted by molar-refractivity contribution is 0.0694. The summed E-state index contributed by atoms with van der Waals surface area (Å²) >= 11 is 0. The minimum atomic E-state index is -0.0322. The van der Waals surface area contributed by atoms with Crippen LogP contribution < -0.4 is 5.73 Å².